The zero-order valence-corrected chi connectivity index (χ0v) is 16.4. The zero-order chi connectivity index (χ0) is 20.8. The van der Waals surface area contributed by atoms with E-state index in [0.717, 1.165) is 19.5 Å². The van der Waals surface area contributed by atoms with E-state index in [9.17, 15) is 14.0 Å². The van der Waals surface area contributed by atoms with Crippen LogP contribution in [0.2, 0.25) is 0 Å². The van der Waals surface area contributed by atoms with Crippen molar-refractivity contribution in [2.45, 2.75) is 25.4 Å². The highest BCUT2D eigenvalue weighted by atomic mass is 19.1. The van der Waals surface area contributed by atoms with Crippen molar-refractivity contribution in [3.8, 4) is 0 Å². The predicted molar refractivity (Wildman–Crippen MR) is 109 cm³/mol. The van der Waals surface area contributed by atoms with Gasteiger partial charge in [-0.1, -0.05) is 6.08 Å². The van der Waals surface area contributed by atoms with Gasteiger partial charge in [0.25, 0.3) is 5.91 Å². The van der Waals surface area contributed by atoms with E-state index < -0.39 is 12.1 Å². The number of hydrogen-bond donors (Lipinski definition) is 1. The van der Waals surface area contributed by atoms with Crippen LogP contribution in [0.15, 0.2) is 24.4 Å². The van der Waals surface area contributed by atoms with Gasteiger partial charge in [-0.05, 0) is 24.8 Å². The highest BCUT2D eigenvalue weighted by molar-refractivity contribution is 6.15. The number of rotatable bonds is 4. The van der Waals surface area contributed by atoms with Crippen molar-refractivity contribution in [1.29, 1.82) is 0 Å². The molecule has 1 N–H and O–H groups in total. The Hall–Kier alpha value is -3.30. The van der Waals surface area contributed by atoms with Crippen molar-refractivity contribution >= 4 is 35.4 Å². The molecule has 2 unspecified atom stereocenters. The summed E-state index contributed by atoms with van der Waals surface area (Å²) in [6.07, 6.45) is 5.73. The first-order valence-corrected chi connectivity index (χ1v) is 10.1. The van der Waals surface area contributed by atoms with Crippen LogP contribution in [0.3, 0.4) is 0 Å². The van der Waals surface area contributed by atoms with E-state index in [1.54, 1.807) is 16.8 Å². The number of carbonyl (C=O) groups is 2. The molecule has 0 spiro atoms. The van der Waals surface area contributed by atoms with Crippen LogP contribution in [0.1, 0.15) is 24.8 Å². The van der Waals surface area contributed by atoms with Gasteiger partial charge in [0.2, 0.25) is 17.8 Å². The summed E-state index contributed by atoms with van der Waals surface area (Å²) < 4.78 is 15.5. The van der Waals surface area contributed by atoms with Gasteiger partial charge in [0, 0.05) is 30.8 Å². The van der Waals surface area contributed by atoms with Crippen molar-refractivity contribution in [3.05, 3.63) is 30.0 Å². The van der Waals surface area contributed by atoms with E-state index in [-0.39, 0.29) is 18.9 Å². The van der Waals surface area contributed by atoms with Crippen LogP contribution in [0, 0.1) is 5.92 Å². The van der Waals surface area contributed by atoms with Crippen LogP contribution < -0.4 is 15.1 Å². The van der Waals surface area contributed by atoms with Gasteiger partial charge >= 0.3 is 0 Å². The number of nitrogens with zero attached hydrogens (tertiary/aromatic N) is 6. The molecule has 3 aliphatic rings. The van der Waals surface area contributed by atoms with Crippen LogP contribution in [0.4, 0.5) is 16.3 Å². The van der Waals surface area contributed by atoms with Gasteiger partial charge in [-0.25, -0.2) is 4.39 Å². The molecule has 3 saturated heterocycles. The number of hydrogen-bond acceptors (Lipinski definition) is 7. The molecule has 0 saturated carbocycles. The lowest BCUT2D eigenvalue weighted by Gasteiger charge is -2.21. The Morgan fingerprint density at radius 1 is 1.17 bits per heavy atom. The molecule has 0 radical (unpaired) electrons. The Bertz CT molecular complexity index is 1080. The third kappa shape index (κ3) is 3.21. The minimum atomic E-state index is -0.902. The SMILES string of the molecule is C=CC1CCN(c2nc(N3CCC(F)C3)n3ncc(C=C4CC(=O)NC4=O)c3n2)C1. The van der Waals surface area contributed by atoms with Gasteiger partial charge in [0.1, 0.15) is 6.17 Å². The summed E-state index contributed by atoms with van der Waals surface area (Å²) in [5.41, 5.74) is 1.52. The molecule has 2 aromatic heterocycles. The molecular weight excluding hydrogens is 389 g/mol. The van der Waals surface area contributed by atoms with E-state index in [1.807, 2.05) is 11.0 Å². The second-order valence-corrected chi connectivity index (χ2v) is 7.95. The largest absolute Gasteiger partial charge is 0.340 e. The summed E-state index contributed by atoms with van der Waals surface area (Å²) in [4.78, 5) is 36.9. The van der Waals surface area contributed by atoms with Crippen LogP contribution >= 0.6 is 0 Å². The molecule has 10 heteroatoms. The number of alkyl halides is 1. The number of nitrogens with one attached hydrogen (secondary N) is 1. The van der Waals surface area contributed by atoms with Crippen LogP contribution in [-0.4, -0.2) is 63.7 Å². The molecule has 0 aliphatic carbocycles. The number of anilines is 2. The summed E-state index contributed by atoms with van der Waals surface area (Å²) >= 11 is 0. The number of fused-ring (bicyclic) bond motifs is 1. The second-order valence-electron chi connectivity index (χ2n) is 7.95. The smallest absolute Gasteiger partial charge is 0.254 e. The third-order valence-electron chi connectivity index (χ3n) is 5.85. The first-order valence-electron chi connectivity index (χ1n) is 10.1. The molecule has 9 nitrogen and oxygen atoms in total. The average Bonchev–Trinajstić information content (AvgIpc) is 3.50. The Balaban J connectivity index is 1.60. The molecule has 2 aromatic rings. The molecular formula is C20H22FN7O2. The van der Waals surface area contributed by atoms with Crippen LogP contribution in [0.5, 0.6) is 0 Å². The molecule has 30 heavy (non-hydrogen) atoms. The Kier molecular flexibility index (Phi) is 4.48. The maximum Gasteiger partial charge on any atom is 0.254 e. The van der Waals surface area contributed by atoms with E-state index in [0.29, 0.717) is 47.6 Å². The maximum atomic E-state index is 13.9. The van der Waals surface area contributed by atoms with E-state index in [4.69, 9.17) is 9.97 Å². The fourth-order valence-electron chi connectivity index (χ4n) is 4.19. The monoisotopic (exact) mass is 411 g/mol. The lowest BCUT2D eigenvalue weighted by atomic mass is 10.1. The summed E-state index contributed by atoms with van der Waals surface area (Å²) in [6, 6.07) is 0. The van der Waals surface area contributed by atoms with Gasteiger partial charge < -0.3 is 9.80 Å². The summed E-state index contributed by atoms with van der Waals surface area (Å²) in [5.74, 6) is 0.736. The molecule has 5 heterocycles. The predicted octanol–water partition coefficient (Wildman–Crippen LogP) is 1.11. The van der Waals surface area contributed by atoms with Gasteiger partial charge in [0.15, 0.2) is 5.65 Å². The first kappa shape index (κ1) is 18.7. The Morgan fingerprint density at radius 2 is 2.00 bits per heavy atom. The van der Waals surface area contributed by atoms with E-state index in [2.05, 4.69) is 21.9 Å². The normalized spacial score (nSPS) is 25.7. The van der Waals surface area contributed by atoms with Gasteiger partial charge in [-0.15, -0.1) is 6.58 Å². The second kappa shape index (κ2) is 7.19. The minimum Gasteiger partial charge on any atom is -0.340 e. The number of amides is 2. The number of carbonyl (C=O) groups excluding carboxylic acids is 2. The molecule has 2 atom stereocenters. The van der Waals surface area contributed by atoms with Gasteiger partial charge in [-0.3, -0.25) is 14.9 Å². The number of halogens is 1. The number of aromatic nitrogens is 4. The van der Waals surface area contributed by atoms with Crippen molar-refractivity contribution < 1.29 is 14.0 Å². The topological polar surface area (TPSA) is 95.7 Å². The Labute approximate surface area is 172 Å². The van der Waals surface area contributed by atoms with Gasteiger partial charge in [0.05, 0.1) is 19.2 Å². The van der Waals surface area contributed by atoms with Crippen LogP contribution in [-0.2, 0) is 9.59 Å². The van der Waals surface area contributed by atoms with Crippen molar-refractivity contribution in [2.75, 3.05) is 36.0 Å². The average molecular weight is 411 g/mol. The molecule has 5 rings (SSSR count). The van der Waals surface area contributed by atoms with Crippen molar-refractivity contribution in [3.63, 3.8) is 0 Å². The summed E-state index contributed by atoms with van der Waals surface area (Å²) in [5, 5.41) is 6.69. The van der Waals surface area contributed by atoms with Crippen molar-refractivity contribution in [1.82, 2.24) is 24.9 Å². The lowest BCUT2D eigenvalue weighted by Crippen LogP contribution is -2.28. The van der Waals surface area contributed by atoms with Crippen LogP contribution in [0.25, 0.3) is 11.7 Å². The highest BCUT2D eigenvalue weighted by Crippen LogP contribution is 2.28. The fourth-order valence-corrected chi connectivity index (χ4v) is 4.19. The number of imide groups is 1. The summed E-state index contributed by atoms with van der Waals surface area (Å²) in [7, 11) is 0. The summed E-state index contributed by atoms with van der Waals surface area (Å²) in [6.45, 7) is 6.27. The molecule has 0 aromatic carbocycles. The maximum absolute atomic E-state index is 13.9. The fraction of sp³-hybridized carbons (Fsp3) is 0.450. The van der Waals surface area contributed by atoms with E-state index >= 15 is 0 Å². The lowest BCUT2D eigenvalue weighted by molar-refractivity contribution is -0.124. The quantitative estimate of drug-likeness (QED) is 0.458. The minimum absolute atomic E-state index is 0.0315. The third-order valence-corrected chi connectivity index (χ3v) is 5.85. The van der Waals surface area contributed by atoms with Gasteiger partial charge in [-0.2, -0.15) is 19.6 Å². The molecule has 0 bridgehead atoms. The molecule has 3 aliphatic heterocycles. The molecule has 156 valence electrons. The van der Waals surface area contributed by atoms with E-state index in [1.165, 1.54) is 0 Å². The zero-order valence-electron chi connectivity index (χ0n) is 16.4. The molecule has 2 amide bonds. The highest BCUT2D eigenvalue weighted by Gasteiger charge is 2.30. The molecule has 3 fully saturated rings. The standard InChI is InChI=1S/C20H22FN7O2/c1-2-12-3-5-26(10-12)19-24-17-14(7-13-8-16(29)23-18(13)30)9-22-28(17)20(25-19)27-6-4-15(21)11-27/h2,7,9,12,15H,1,3-6,8,10-11H2,(H,23,29,30). The Morgan fingerprint density at radius 3 is 2.67 bits per heavy atom. The van der Waals surface area contributed by atoms with Crippen molar-refractivity contribution in [2.24, 2.45) is 5.92 Å². The first-order chi connectivity index (χ1) is 14.5.